The summed E-state index contributed by atoms with van der Waals surface area (Å²) < 4.78 is 0. The molecule has 80 valence electrons. The van der Waals surface area contributed by atoms with Gasteiger partial charge in [-0.2, -0.15) is 0 Å². The van der Waals surface area contributed by atoms with Gasteiger partial charge in [0.15, 0.2) is 0 Å². The van der Waals surface area contributed by atoms with Gasteiger partial charge in [-0.05, 0) is 27.8 Å². The Labute approximate surface area is 86.7 Å². The Hall–Kier alpha value is -0.830. The highest BCUT2D eigenvalue weighted by Gasteiger charge is 2.16. The molecule has 0 bridgehead atoms. The molecule has 0 saturated carbocycles. The van der Waals surface area contributed by atoms with Crippen molar-refractivity contribution in [3.63, 3.8) is 0 Å². The second kappa shape index (κ2) is 4.13. The van der Waals surface area contributed by atoms with E-state index in [0.29, 0.717) is 0 Å². The van der Waals surface area contributed by atoms with E-state index in [9.17, 15) is 0 Å². The normalized spacial score (nSPS) is 22.9. The van der Waals surface area contributed by atoms with Crippen molar-refractivity contribution in [2.75, 3.05) is 20.1 Å². The zero-order valence-corrected chi connectivity index (χ0v) is 9.65. The number of nitrogens with one attached hydrogen (secondary N) is 2. The number of likely N-dealkylation sites (tertiary alicyclic amines) is 1. The summed E-state index contributed by atoms with van der Waals surface area (Å²) in [5.41, 5.74) is 1.98. The fraction of sp³-hybridized carbons (Fsp3) is 0.727. The van der Waals surface area contributed by atoms with Gasteiger partial charge < -0.3 is 15.6 Å². The van der Waals surface area contributed by atoms with Crippen LogP contribution >= 0.6 is 0 Å². The lowest BCUT2D eigenvalue weighted by atomic mass is 10.0. The van der Waals surface area contributed by atoms with Crippen LogP contribution in [0.5, 0.6) is 0 Å². The smallest absolute Gasteiger partial charge is 0.0386 e. The molecule has 1 fully saturated rings. The quantitative estimate of drug-likeness (QED) is 0.667. The van der Waals surface area contributed by atoms with E-state index in [4.69, 9.17) is 5.41 Å². The molecule has 0 aromatic heterocycles. The van der Waals surface area contributed by atoms with Crippen LogP contribution in [-0.2, 0) is 0 Å². The largest absolute Gasteiger partial charge is 0.386 e. The average molecular weight is 195 g/mol. The van der Waals surface area contributed by atoms with E-state index in [1.807, 2.05) is 6.20 Å². The molecule has 2 N–H and O–H groups in total. The molecular weight excluding hydrogens is 174 g/mol. The van der Waals surface area contributed by atoms with Crippen molar-refractivity contribution in [3.05, 3.63) is 11.8 Å². The summed E-state index contributed by atoms with van der Waals surface area (Å²) in [4.78, 5) is 2.24. The molecular formula is C11H21N3. The third kappa shape index (κ3) is 3.50. The summed E-state index contributed by atoms with van der Waals surface area (Å²) in [5.74, 6) is 0. The van der Waals surface area contributed by atoms with Gasteiger partial charge in [-0.25, -0.2) is 0 Å². The van der Waals surface area contributed by atoms with Gasteiger partial charge in [0.05, 0.1) is 0 Å². The van der Waals surface area contributed by atoms with Gasteiger partial charge >= 0.3 is 0 Å². The summed E-state index contributed by atoms with van der Waals surface area (Å²) in [6.45, 7) is 8.27. The first-order valence-corrected chi connectivity index (χ1v) is 5.11. The Bertz CT molecular complexity index is 248. The Morgan fingerprint density at radius 1 is 1.43 bits per heavy atom. The minimum absolute atomic E-state index is 0.0866. The monoisotopic (exact) mass is 195 g/mol. The number of rotatable bonds is 1. The van der Waals surface area contributed by atoms with Gasteiger partial charge in [0.2, 0.25) is 0 Å². The predicted molar refractivity (Wildman–Crippen MR) is 60.8 cm³/mol. The molecule has 0 aromatic rings. The third-order valence-corrected chi connectivity index (χ3v) is 2.25. The van der Waals surface area contributed by atoms with Gasteiger partial charge in [-0.3, -0.25) is 0 Å². The molecule has 0 aliphatic carbocycles. The molecule has 1 aliphatic heterocycles. The van der Waals surface area contributed by atoms with E-state index in [0.717, 1.165) is 30.8 Å². The lowest BCUT2D eigenvalue weighted by Gasteiger charge is -2.27. The zero-order chi connectivity index (χ0) is 10.8. The van der Waals surface area contributed by atoms with Crippen molar-refractivity contribution in [1.82, 2.24) is 10.2 Å². The van der Waals surface area contributed by atoms with Crippen molar-refractivity contribution in [2.24, 2.45) is 0 Å². The van der Waals surface area contributed by atoms with Crippen molar-refractivity contribution in [2.45, 2.75) is 32.7 Å². The molecule has 0 amide bonds. The Morgan fingerprint density at radius 3 is 2.64 bits per heavy atom. The van der Waals surface area contributed by atoms with Crippen LogP contribution in [0.4, 0.5) is 0 Å². The minimum atomic E-state index is 0.0866. The second-order valence-corrected chi connectivity index (χ2v) is 5.03. The highest BCUT2D eigenvalue weighted by Crippen LogP contribution is 2.10. The summed E-state index contributed by atoms with van der Waals surface area (Å²) in [5, 5.41) is 11.1. The molecule has 3 nitrogen and oxygen atoms in total. The maximum Gasteiger partial charge on any atom is 0.0386 e. The molecule has 1 saturated heterocycles. The Morgan fingerprint density at radius 2 is 2.07 bits per heavy atom. The van der Waals surface area contributed by atoms with Gasteiger partial charge in [-0.1, -0.05) is 0 Å². The first kappa shape index (κ1) is 11.2. The lowest BCUT2D eigenvalue weighted by molar-refractivity contribution is 0.362. The van der Waals surface area contributed by atoms with Crippen LogP contribution in [0.25, 0.3) is 0 Å². The van der Waals surface area contributed by atoms with Gasteiger partial charge in [0, 0.05) is 42.5 Å². The molecule has 1 aliphatic rings. The maximum absolute atomic E-state index is 7.81. The average Bonchev–Trinajstić information content (AvgIpc) is 2.05. The molecule has 0 radical (unpaired) electrons. The summed E-state index contributed by atoms with van der Waals surface area (Å²) >= 11 is 0. The number of likely N-dealkylation sites (N-methyl/N-ethyl adjacent to an activating group) is 1. The SMILES string of the molecule is CN1CCC(=N)/C(=C\NC(C)(C)C)C1. The van der Waals surface area contributed by atoms with Crippen molar-refractivity contribution in [1.29, 1.82) is 5.41 Å². The Balaban J connectivity index is 2.60. The summed E-state index contributed by atoms with van der Waals surface area (Å²) in [7, 11) is 2.09. The third-order valence-electron chi connectivity index (χ3n) is 2.25. The number of hydrogen-bond donors (Lipinski definition) is 2. The van der Waals surface area contributed by atoms with E-state index in [1.165, 1.54) is 0 Å². The van der Waals surface area contributed by atoms with E-state index in [-0.39, 0.29) is 5.54 Å². The number of hydrogen-bond acceptors (Lipinski definition) is 3. The number of piperidine rings is 1. The molecule has 0 unspecified atom stereocenters. The molecule has 3 heteroatoms. The highest BCUT2D eigenvalue weighted by atomic mass is 15.1. The fourth-order valence-electron chi connectivity index (χ4n) is 1.36. The fourth-order valence-corrected chi connectivity index (χ4v) is 1.36. The second-order valence-electron chi connectivity index (χ2n) is 5.03. The topological polar surface area (TPSA) is 39.1 Å². The van der Waals surface area contributed by atoms with E-state index >= 15 is 0 Å². The number of nitrogens with zero attached hydrogens (tertiary/aromatic N) is 1. The van der Waals surface area contributed by atoms with Gasteiger partial charge in [-0.15, -0.1) is 0 Å². The zero-order valence-electron chi connectivity index (χ0n) is 9.65. The van der Waals surface area contributed by atoms with Gasteiger partial charge in [0.1, 0.15) is 0 Å². The molecule has 1 rings (SSSR count). The first-order chi connectivity index (χ1) is 6.38. The standard InChI is InChI=1S/C11H21N3/c1-11(2,3)13-7-9-8-14(4)6-5-10(9)12/h7,12-13H,5-6,8H2,1-4H3/b9-7-,12-10?. The van der Waals surface area contributed by atoms with Crippen molar-refractivity contribution >= 4 is 5.71 Å². The molecule has 0 aromatic carbocycles. The molecule has 0 atom stereocenters. The summed E-state index contributed by atoms with van der Waals surface area (Å²) in [6, 6.07) is 0. The van der Waals surface area contributed by atoms with Crippen LogP contribution in [0.15, 0.2) is 11.8 Å². The van der Waals surface area contributed by atoms with Crippen molar-refractivity contribution < 1.29 is 0 Å². The van der Waals surface area contributed by atoms with Gasteiger partial charge in [0.25, 0.3) is 0 Å². The summed E-state index contributed by atoms with van der Waals surface area (Å²) in [6.07, 6.45) is 2.87. The lowest BCUT2D eigenvalue weighted by Crippen LogP contribution is -2.36. The first-order valence-electron chi connectivity index (χ1n) is 5.11. The van der Waals surface area contributed by atoms with Crippen molar-refractivity contribution in [3.8, 4) is 0 Å². The highest BCUT2D eigenvalue weighted by molar-refractivity contribution is 5.98. The molecule has 0 spiro atoms. The van der Waals surface area contributed by atoms with Crippen LogP contribution in [0.3, 0.4) is 0 Å². The van der Waals surface area contributed by atoms with Crippen LogP contribution in [-0.4, -0.2) is 36.3 Å². The molecule has 1 heterocycles. The molecule has 14 heavy (non-hydrogen) atoms. The van der Waals surface area contributed by atoms with Crippen LogP contribution < -0.4 is 5.32 Å². The van der Waals surface area contributed by atoms with E-state index in [2.05, 4.69) is 38.0 Å². The maximum atomic E-state index is 7.81. The van der Waals surface area contributed by atoms with Crippen LogP contribution in [0.2, 0.25) is 0 Å². The van der Waals surface area contributed by atoms with E-state index < -0.39 is 0 Å². The Kier molecular flexibility index (Phi) is 3.32. The van der Waals surface area contributed by atoms with Crippen LogP contribution in [0, 0.1) is 5.41 Å². The van der Waals surface area contributed by atoms with E-state index in [1.54, 1.807) is 0 Å². The predicted octanol–water partition coefficient (Wildman–Crippen LogP) is 1.61. The van der Waals surface area contributed by atoms with Crippen LogP contribution in [0.1, 0.15) is 27.2 Å². The minimum Gasteiger partial charge on any atom is -0.386 e.